The maximum Gasteiger partial charge on any atom is 0.317 e. The van der Waals surface area contributed by atoms with Crippen molar-refractivity contribution < 1.29 is 9.53 Å². The van der Waals surface area contributed by atoms with Gasteiger partial charge in [-0.1, -0.05) is 0 Å². The number of carbonyl (C=O) groups excluding carboxylic acids is 1. The fourth-order valence-corrected chi connectivity index (χ4v) is 3.61. The van der Waals surface area contributed by atoms with E-state index in [2.05, 4.69) is 22.1 Å². The second-order valence-electron chi connectivity index (χ2n) is 5.32. The Bertz CT molecular complexity index is 415. The number of ether oxygens (including phenoxy) is 1. The van der Waals surface area contributed by atoms with Crippen LogP contribution in [-0.4, -0.2) is 37.2 Å². The Labute approximate surface area is 117 Å². The SMILES string of the molecule is O=C(NC[C@@H]1CCOC1)N1CCC[C@H]1c1ccsc1. The largest absolute Gasteiger partial charge is 0.381 e. The molecule has 1 N–H and O–H groups in total. The smallest absolute Gasteiger partial charge is 0.317 e. The van der Waals surface area contributed by atoms with Crippen LogP contribution in [0.5, 0.6) is 0 Å². The molecule has 2 aliphatic heterocycles. The van der Waals surface area contributed by atoms with Gasteiger partial charge < -0.3 is 15.0 Å². The van der Waals surface area contributed by atoms with E-state index in [0.29, 0.717) is 5.92 Å². The molecule has 2 atom stereocenters. The van der Waals surface area contributed by atoms with Crippen molar-refractivity contribution >= 4 is 17.4 Å². The molecule has 1 aromatic rings. The van der Waals surface area contributed by atoms with Crippen molar-refractivity contribution in [2.45, 2.75) is 25.3 Å². The average molecular weight is 280 g/mol. The maximum atomic E-state index is 12.3. The van der Waals surface area contributed by atoms with Crippen LogP contribution in [0.1, 0.15) is 30.9 Å². The molecular weight excluding hydrogens is 260 g/mol. The lowest BCUT2D eigenvalue weighted by atomic mass is 10.1. The summed E-state index contributed by atoms with van der Waals surface area (Å²) in [5.41, 5.74) is 1.28. The summed E-state index contributed by atoms with van der Waals surface area (Å²) in [6, 6.07) is 2.48. The minimum Gasteiger partial charge on any atom is -0.381 e. The lowest BCUT2D eigenvalue weighted by Gasteiger charge is -2.25. The first-order valence-corrected chi connectivity index (χ1v) is 7.93. The molecule has 2 aliphatic rings. The van der Waals surface area contributed by atoms with Crippen LogP contribution in [0.4, 0.5) is 4.79 Å². The van der Waals surface area contributed by atoms with Crippen molar-refractivity contribution in [3.05, 3.63) is 22.4 Å². The van der Waals surface area contributed by atoms with Gasteiger partial charge in [-0.3, -0.25) is 0 Å². The molecule has 2 fully saturated rings. The van der Waals surface area contributed by atoms with Crippen molar-refractivity contribution in [3.8, 4) is 0 Å². The van der Waals surface area contributed by atoms with Gasteiger partial charge in [0.15, 0.2) is 0 Å². The maximum absolute atomic E-state index is 12.3. The molecular formula is C14H20N2O2S. The molecule has 0 aromatic carbocycles. The molecule has 104 valence electrons. The molecule has 3 rings (SSSR count). The van der Waals surface area contributed by atoms with E-state index in [1.807, 2.05) is 4.90 Å². The number of nitrogens with one attached hydrogen (secondary N) is 1. The number of hydrogen-bond donors (Lipinski definition) is 1. The molecule has 2 saturated heterocycles. The van der Waals surface area contributed by atoms with E-state index in [9.17, 15) is 4.79 Å². The molecule has 0 saturated carbocycles. The first-order valence-electron chi connectivity index (χ1n) is 6.99. The summed E-state index contributed by atoms with van der Waals surface area (Å²) < 4.78 is 5.33. The summed E-state index contributed by atoms with van der Waals surface area (Å²) in [5.74, 6) is 0.492. The summed E-state index contributed by atoms with van der Waals surface area (Å²) >= 11 is 1.70. The number of hydrogen-bond acceptors (Lipinski definition) is 3. The van der Waals surface area contributed by atoms with E-state index in [-0.39, 0.29) is 12.1 Å². The Balaban J connectivity index is 1.56. The Morgan fingerprint density at radius 3 is 3.21 bits per heavy atom. The quantitative estimate of drug-likeness (QED) is 0.924. The molecule has 0 spiro atoms. The fraction of sp³-hybridized carbons (Fsp3) is 0.643. The molecule has 2 amide bonds. The minimum atomic E-state index is 0.0839. The Kier molecular flexibility index (Phi) is 4.03. The molecule has 5 heteroatoms. The molecule has 4 nitrogen and oxygen atoms in total. The lowest BCUT2D eigenvalue weighted by Crippen LogP contribution is -2.41. The van der Waals surface area contributed by atoms with Gasteiger partial charge in [0.25, 0.3) is 0 Å². The third kappa shape index (κ3) is 2.92. The van der Waals surface area contributed by atoms with Crippen LogP contribution in [0.2, 0.25) is 0 Å². The second-order valence-corrected chi connectivity index (χ2v) is 6.10. The van der Waals surface area contributed by atoms with Gasteiger partial charge in [0, 0.05) is 25.6 Å². The highest BCUT2D eigenvalue weighted by Gasteiger charge is 2.30. The van der Waals surface area contributed by atoms with Gasteiger partial charge in [-0.25, -0.2) is 4.79 Å². The van der Waals surface area contributed by atoms with Crippen LogP contribution in [0.15, 0.2) is 16.8 Å². The Hall–Kier alpha value is -1.07. The lowest BCUT2D eigenvalue weighted by molar-refractivity contribution is 0.179. The Morgan fingerprint density at radius 1 is 1.53 bits per heavy atom. The molecule has 19 heavy (non-hydrogen) atoms. The van der Waals surface area contributed by atoms with E-state index < -0.39 is 0 Å². The van der Waals surface area contributed by atoms with Gasteiger partial charge in [0.05, 0.1) is 12.6 Å². The highest BCUT2D eigenvalue weighted by Crippen LogP contribution is 2.32. The van der Waals surface area contributed by atoms with E-state index in [1.165, 1.54) is 5.56 Å². The van der Waals surface area contributed by atoms with Gasteiger partial charge in [-0.05, 0) is 41.7 Å². The van der Waals surface area contributed by atoms with Crippen molar-refractivity contribution in [3.63, 3.8) is 0 Å². The topological polar surface area (TPSA) is 41.6 Å². The minimum absolute atomic E-state index is 0.0839. The van der Waals surface area contributed by atoms with E-state index in [0.717, 1.165) is 45.6 Å². The van der Waals surface area contributed by atoms with Crippen molar-refractivity contribution in [1.82, 2.24) is 10.2 Å². The number of urea groups is 1. The summed E-state index contributed by atoms with van der Waals surface area (Å²) in [6.07, 6.45) is 3.24. The number of nitrogens with zero attached hydrogens (tertiary/aromatic N) is 1. The number of carbonyl (C=O) groups is 1. The van der Waals surface area contributed by atoms with Gasteiger partial charge >= 0.3 is 6.03 Å². The van der Waals surface area contributed by atoms with Crippen molar-refractivity contribution in [1.29, 1.82) is 0 Å². The number of thiophene rings is 1. The highest BCUT2D eigenvalue weighted by atomic mass is 32.1. The average Bonchev–Trinajstić information content (AvgIpc) is 3.14. The monoisotopic (exact) mass is 280 g/mol. The molecule has 1 aromatic heterocycles. The van der Waals surface area contributed by atoms with E-state index in [1.54, 1.807) is 11.3 Å². The highest BCUT2D eigenvalue weighted by molar-refractivity contribution is 7.07. The first-order chi connectivity index (χ1) is 9.34. The molecule has 0 unspecified atom stereocenters. The van der Waals surface area contributed by atoms with Crippen LogP contribution in [0.25, 0.3) is 0 Å². The van der Waals surface area contributed by atoms with Crippen molar-refractivity contribution in [2.75, 3.05) is 26.3 Å². The van der Waals surface area contributed by atoms with Gasteiger partial charge in [-0.2, -0.15) is 11.3 Å². The predicted molar refractivity (Wildman–Crippen MR) is 75.3 cm³/mol. The first kappa shape index (κ1) is 12.9. The summed E-state index contributed by atoms with van der Waals surface area (Å²) in [6.45, 7) is 3.23. The third-order valence-corrected chi connectivity index (χ3v) is 4.71. The Morgan fingerprint density at radius 2 is 2.47 bits per heavy atom. The van der Waals surface area contributed by atoms with Crippen molar-refractivity contribution in [2.24, 2.45) is 5.92 Å². The molecule has 0 bridgehead atoms. The number of rotatable bonds is 3. The van der Waals surface area contributed by atoms with Gasteiger partial charge in [0.1, 0.15) is 0 Å². The normalized spacial score (nSPS) is 26.8. The molecule has 0 aliphatic carbocycles. The van der Waals surface area contributed by atoms with Gasteiger partial charge in [0.2, 0.25) is 0 Å². The summed E-state index contributed by atoms with van der Waals surface area (Å²) in [7, 11) is 0. The standard InChI is InChI=1S/C14H20N2O2S/c17-14(15-8-11-3-6-18-9-11)16-5-1-2-13(16)12-4-7-19-10-12/h4,7,10-11,13H,1-3,5-6,8-9H2,(H,15,17)/t11-,13-/m0/s1. The number of likely N-dealkylation sites (tertiary alicyclic amines) is 1. The molecule has 3 heterocycles. The zero-order chi connectivity index (χ0) is 13.1. The summed E-state index contributed by atoms with van der Waals surface area (Å²) in [5, 5.41) is 7.31. The van der Waals surface area contributed by atoms with Crippen LogP contribution in [-0.2, 0) is 4.74 Å². The summed E-state index contributed by atoms with van der Waals surface area (Å²) in [4.78, 5) is 14.3. The second kappa shape index (κ2) is 5.92. The zero-order valence-corrected chi connectivity index (χ0v) is 11.8. The third-order valence-electron chi connectivity index (χ3n) is 4.01. The van der Waals surface area contributed by atoms with E-state index >= 15 is 0 Å². The number of amides is 2. The molecule has 0 radical (unpaired) electrons. The zero-order valence-electron chi connectivity index (χ0n) is 11.0. The van der Waals surface area contributed by atoms with Gasteiger partial charge in [-0.15, -0.1) is 0 Å². The van der Waals surface area contributed by atoms with Crippen LogP contribution < -0.4 is 5.32 Å². The predicted octanol–water partition coefficient (Wildman–Crippen LogP) is 2.63. The fourth-order valence-electron chi connectivity index (χ4n) is 2.90. The van der Waals surface area contributed by atoms with E-state index in [4.69, 9.17) is 4.74 Å². The van der Waals surface area contributed by atoms with Crippen LogP contribution in [0, 0.1) is 5.92 Å². The van der Waals surface area contributed by atoms with Crippen LogP contribution >= 0.6 is 11.3 Å². The van der Waals surface area contributed by atoms with Crippen LogP contribution in [0.3, 0.4) is 0 Å².